The summed E-state index contributed by atoms with van der Waals surface area (Å²) in [6.07, 6.45) is 6.27. The van der Waals surface area contributed by atoms with E-state index < -0.39 is 0 Å². The van der Waals surface area contributed by atoms with Gasteiger partial charge in [-0.1, -0.05) is 5.16 Å². The van der Waals surface area contributed by atoms with E-state index in [1.807, 2.05) is 4.68 Å². The molecule has 2 aromatic rings. The molecule has 24 heavy (non-hydrogen) atoms. The molecule has 2 aliphatic heterocycles. The molecule has 2 amide bonds. The highest BCUT2D eigenvalue weighted by Gasteiger charge is 2.29. The second-order valence-corrected chi connectivity index (χ2v) is 6.15. The molecule has 126 valence electrons. The summed E-state index contributed by atoms with van der Waals surface area (Å²) >= 11 is 0. The van der Waals surface area contributed by atoms with Crippen LogP contribution in [0.4, 0.5) is 0 Å². The minimum Gasteiger partial charge on any atom is -0.351 e. The molecule has 1 saturated heterocycles. The van der Waals surface area contributed by atoms with Crippen molar-refractivity contribution >= 4 is 11.8 Å². The minimum absolute atomic E-state index is 0.0184. The lowest BCUT2D eigenvalue weighted by molar-refractivity contribution is 0.0512. The van der Waals surface area contributed by atoms with Crippen molar-refractivity contribution in [2.45, 2.75) is 25.8 Å². The van der Waals surface area contributed by atoms with Crippen LogP contribution in [0.2, 0.25) is 0 Å². The molecule has 8 heteroatoms. The van der Waals surface area contributed by atoms with E-state index in [1.54, 1.807) is 22.1 Å². The molecule has 0 aliphatic carbocycles. The van der Waals surface area contributed by atoms with E-state index in [0.717, 1.165) is 31.5 Å². The quantitative estimate of drug-likeness (QED) is 0.814. The summed E-state index contributed by atoms with van der Waals surface area (Å²) in [5.41, 5.74) is 1.76. The number of piperazine rings is 1. The Morgan fingerprint density at radius 3 is 2.46 bits per heavy atom. The zero-order valence-electron chi connectivity index (χ0n) is 13.3. The third-order valence-electron chi connectivity index (χ3n) is 4.72. The van der Waals surface area contributed by atoms with Crippen molar-refractivity contribution in [1.29, 1.82) is 0 Å². The van der Waals surface area contributed by atoms with E-state index in [0.29, 0.717) is 31.7 Å². The molecule has 0 bridgehead atoms. The van der Waals surface area contributed by atoms with Crippen LogP contribution >= 0.6 is 0 Å². The minimum atomic E-state index is -0.178. The average Bonchev–Trinajstić information content (AvgIpc) is 3.30. The topological polar surface area (TPSA) is 84.5 Å². The van der Waals surface area contributed by atoms with E-state index in [1.165, 1.54) is 6.20 Å². The maximum Gasteiger partial charge on any atom is 0.292 e. The Balaban J connectivity index is 1.41. The number of hydrogen-bond acceptors (Lipinski definition) is 5. The van der Waals surface area contributed by atoms with Gasteiger partial charge in [0.1, 0.15) is 0 Å². The predicted molar refractivity (Wildman–Crippen MR) is 83.5 cm³/mol. The maximum atomic E-state index is 12.8. The molecule has 2 aliphatic rings. The molecule has 8 nitrogen and oxygen atoms in total. The second kappa shape index (κ2) is 6.10. The molecule has 4 rings (SSSR count). The summed E-state index contributed by atoms with van der Waals surface area (Å²) in [7, 11) is 0. The number of carbonyl (C=O) groups excluding carboxylic acids is 2. The summed E-state index contributed by atoms with van der Waals surface area (Å²) in [5.74, 6) is 0.0768. The molecule has 0 saturated carbocycles. The largest absolute Gasteiger partial charge is 0.351 e. The first-order chi connectivity index (χ1) is 11.7. The molecule has 0 aromatic carbocycles. The Labute approximate surface area is 139 Å². The number of carbonyl (C=O) groups is 2. The number of amides is 2. The summed E-state index contributed by atoms with van der Waals surface area (Å²) in [6.45, 7) is 2.91. The monoisotopic (exact) mass is 329 g/mol. The number of nitrogens with zero attached hydrogens (tertiary/aromatic N) is 5. The molecule has 0 N–H and O–H groups in total. The van der Waals surface area contributed by atoms with Gasteiger partial charge >= 0.3 is 0 Å². The van der Waals surface area contributed by atoms with E-state index in [9.17, 15) is 9.59 Å². The fourth-order valence-electron chi connectivity index (χ4n) is 3.36. The van der Waals surface area contributed by atoms with E-state index in [-0.39, 0.29) is 17.6 Å². The number of aryl methyl sites for hydroxylation is 1. The SMILES string of the molecule is O=C(c1ccno1)N1CCN(C(=O)c2cnn3c2CCCC3)CC1. The van der Waals surface area contributed by atoms with Crippen molar-refractivity contribution in [2.24, 2.45) is 0 Å². The summed E-state index contributed by atoms with van der Waals surface area (Å²) in [6, 6.07) is 1.55. The van der Waals surface area contributed by atoms with Crippen LogP contribution in [0, 0.1) is 0 Å². The van der Waals surface area contributed by atoms with Gasteiger partial charge in [-0.25, -0.2) is 0 Å². The van der Waals surface area contributed by atoms with Crippen LogP contribution in [0.15, 0.2) is 23.0 Å². The van der Waals surface area contributed by atoms with Crippen molar-refractivity contribution in [3.8, 4) is 0 Å². The Kier molecular flexibility index (Phi) is 3.79. The standard InChI is InChI=1S/C16H19N5O3/c22-15(12-11-17-21-6-2-1-3-13(12)21)19-7-9-20(10-8-19)16(23)14-4-5-18-24-14/h4-5,11H,1-3,6-10H2. The Morgan fingerprint density at radius 2 is 1.75 bits per heavy atom. The van der Waals surface area contributed by atoms with Gasteiger partial charge < -0.3 is 14.3 Å². The average molecular weight is 329 g/mol. The number of aromatic nitrogens is 3. The third kappa shape index (κ3) is 2.57. The molecule has 0 unspecified atom stereocenters. The first-order valence-corrected chi connectivity index (χ1v) is 8.28. The van der Waals surface area contributed by atoms with Gasteiger partial charge in [0.05, 0.1) is 23.7 Å². The van der Waals surface area contributed by atoms with Crippen molar-refractivity contribution in [3.05, 3.63) is 35.5 Å². The van der Waals surface area contributed by atoms with Crippen LogP contribution in [-0.4, -0.2) is 62.7 Å². The highest BCUT2D eigenvalue weighted by molar-refractivity contribution is 5.95. The molecule has 0 radical (unpaired) electrons. The van der Waals surface area contributed by atoms with Crippen LogP contribution in [0.25, 0.3) is 0 Å². The zero-order valence-corrected chi connectivity index (χ0v) is 13.3. The Morgan fingerprint density at radius 1 is 1.00 bits per heavy atom. The number of hydrogen-bond donors (Lipinski definition) is 0. The number of fused-ring (bicyclic) bond motifs is 1. The molecular weight excluding hydrogens is 310 g/mol. The predicted octanol–water partition coefficient (Wildman–Crippen LogP) is 0.806. The Bertz CT molecular complexity index is 744. The van der Waals surface area contributed by atoms with Crippen molar-refractivity contribution in [2.75, 3.05) is 26.2 Å². The van der Waals surface area contributed by atoms with Gasteiger partial charge in [0.15, 0.2) is 0 Å². The van der Waals surface area contributed by atoms with Crippen molar-refractivity contribution in [3.63, 3.8) is 0 Å². The first-order valence-electron chi connectivity index (χ1n) is 8.28. The van der Waals surface area contributed by atoms with Crippen molar-refractivity contribution < 1.29 is 14.1 Å². The Hall–Kier alpha value is -2.64. The lowest BCUT2D eigenvalue weighted by atomic mass is 10.1. The summed E-state index contributed by atoms with van der Waals surface area (Å²) < 4.78 is 6.86. The lowest BCUT2D eigenvalue weighted by Gasteiger charge is -2.34. The smallest absolute Gasteiger partial charge is 0.292 e. The summed E-state index contributed by atoms with van der Waals surface area (Å²) in [5, 5.41) is 7.89. The van der Waals surface area contributed by atoms with E-state index in [4.69, 9.17) is 4.52 Å². The van der Waals surface area contributed by atoms with Gasteiger partial charge in [0, 0.05) is 38.8 Å². The zero-order chi connectivity index (χ0) is 16.5. The first kappa shape index (κ1) is 14.9. The number of rotatable bonds is 2. The normalized spacial score (nSPS) is 17.7. The second-order valence-electron chi connectivity index (χ2n) is 6.15. The van der Waals surface area contributed by atoms with Crippen LogP contribution in [0.5, 0.6) is 0 Å². The van der Waals surface area contributed by atoms with Crippen LogP contribution in [0.1, 0.15) is 39.4 Å². The highest BCUT2D eigenvalue weighted by Crippen LogP contribution is 2.20. The third-order valence-corrected chi connectivity index (χ3v) is 4.72. The lowest BCUT2D eigenvalue weighted by Crippen LogP contribution is -2.50. The van der Waals surface area contributed by atoms with Crippen molar-refractivity contribution in [1.82, 2.24) is 24.7 Å². The van der Waals surface area contributed by atoms with Gasteiger partial charge in [-0.15, -0.1) is 0 Å². The van der Waals surface area contributed by atoms with Crippen LogP contribution < -0.4 is 0 Å². The molecule has 1 fully saturated rings. The molecular formula is C16H19N5O3. The summed E-state index contributed by atoms with van der Waals surface area (Å²) in [4.78, 5) is 28.5. The van der Waals surface area contributed by atoms with Crippen LogP contribution in [-0.2, 0) is 13.0 Å². The highest BCUT2D eigenvalue weighted by atomic mass is 16.5. The van der Waals surface area contributed by atoms with Gasteiger partial charge in [0.2, 0.25) is 5.76 Å². The maximum absolute atomic E-state index is 12.8. The molecule has 0 atom stereocenters. The molecule has 2 aromatic heterocycles. The van der Waals surface area contributed by atoms with Gasteiger partial charge in [0.25, 0.3) is 11.8 Å². The van der Waals surface area contributed by atoms with Crippen LogP contribution in [0.3, 0.4) is 0 Å². The molecule has 4 heterocycles. The fourth-order valence-corrected chi connectivity index (χ4v) is 3.36. The van der Waals surface area contributed by atoms with E-state index in [2.05, 4.69) is 10.3 Å². The van der Waals surface area contributed by atoms with Gasteiger partial charge in [-0.05, 0) is 19.3 Å². The van der Waals surface area contributed by atoms with Gasteiger partial charge in [-0.2, -0.15) is 5.10 Å². The fraction of sp³-hybridized carbons (Fsp3) is 0.500. The van der Waals surface area contributed by atoms with Gasteiger partial charge in [-0.3, -0.25) is 14.3 Å². The van der Waals surface area contributed by atoms with E-state index >= 15 is 0 Å². The molecule has 0 spiro atoms.